The predicted molar refractivity (Wildman–Crippen MR) is 155 cm³/mol. The number of carbonyl (C=O) groups is 2. The molecule has 6 rings (SSSR count). The third-order valence-corrected chi connectivity index (χ3v) is 7.79. The molecule has 2 aliphatic carbocycles. The highest BCUT2D eigenvalue weighted by Gasteiger charge is 2.44. The molecule has 0 bridgehead atoms. The predicted octanol–water partition coefficient (Wildman–Crippen LogP) is 6.34. The number of carbonyl (C=O) groups excluding carboxylic acids is 2. The van der Waals surface area contributed by atoms with E-state index < -0.39 is 0 Å². The highest BCUT2D eigenvalue weighted by molar-refractivity contribution is 6.04. The zero-order valence-electron chi connectivity index (χ0n) is 22.8. The van der Waals surface area contributed by atoms with Gasteiger partial charge in [0.15, 0.2) is 5.82 Å². The molecule has 0 unspecified atom stereocenters. The summed E-state index contributed by atoms with van der Waals surface area (Å²) in [5.41, 5.74) is 5.79. The fourth-order valence-corrected chi connectivity index (χ4v) is 5.15. The molecule has 8 heteroatoms. The Labute approximate surface area is 233 Å². The van der Waals surface area contributed by atoms with Gasteiger partial charge in [-0.1, -0.05) is 19.4 Å². The third-order valence-electron chi connectivity index (χ3n) is 7.79. The van der Waals surface area contributed by atoms with Crippen molar-refractivity contribution >= 4 is 23.3 Å². The van der Waals surface area contributed by atoms with E-state index in [1.54, 1.807) is 24.7 Å². The maximum Gasteiger partial charge on any atom is 0.255 e. The largest absolute Gasteiger partial charge is 0.322 e. The number of anilines is 2. The van der Waals surface area contributed by atoms with Crippen molar-refractivity contribution < 1.29 is 9.59 Å². The van der Waals surface area contributed by atoms with Crippen LogP contribution < -0.4 is 10.6 Å². The lowest BCUT2D eigenvalue weighted by atomic mass is 9.95. The molecular weight excluding hydrogens is 500 g/mol. The molecule has 2 amide bonds. The number of amides is 2. The average molecular weight is 533 g/mol. The Morgan fingerprint density at radius 1 is 0.925 bits per heavy atom. The van der Waals surface area contributed by atoms with E-state index in [9.17, 15) is 9.59 Å². The van der Waals surface area contributed by atoms with Crippen LogP contribution >= 0.6 is 0 Å². The van der Waals surface area contributed by atoms with Gasteiger partial charge in [0, 0.05) is 58.0 Å². The number of aromatic nitrogens is 4. The van der Waals surface area contributed by atoms with Crippen LogP contribution in [0.15, 0.2) is 67.1 Å². The van der Waals surface area contributed by atoms with E-state index in [0.29, 0.717) is 28.6 Å². The molecule has 1 aromatic carbocycles. The normalized spacial score (nSPS) is 15.3. The summed E-state index contributed by atoms with van der Waals surface area (Å²) in [6.45, 7) is 4.18. The van der Waals surface area contributed by atoms with Gasteiger partial charge in [-0.05, 0) is 87.1 Å². The fourth-order valence-electron chi connectivity index (χ4n) is 5.15. The van der Waals surface area contributed by atoms with Crippen LogP contribution in [0, 0.1) is 12.8 Å². The van der Waals surface area contributed by atoms with E-state index in [4.69, 9.17) is 4.98 Å². The molecule has 2 N–H and O–H groups in total. The quantitative estimate of drug-likeness (QED) is 0.260. The molecule has 8 nitrogen and oxygen atoms in total. The van der Waals surface area contributed by atoms with E-state index in [0.717, 1.165) is 60.9 Å². The number of hydrogen-bond acceptors (Lipinski definition) is 6. The summed E-state index contributed by atoms with van der Waals surface area (Å²) in [6, 6.07) is 15.0. The number of hydrogen-bond donors (Lipinski definition) is 2. The zero-order chi connectivity index (χ0) is 27.7. The van der Waals surface area contributed by atoms with E-state index in [-0.39, 0.29) is 23.1 Å². The molecule has 4 aromatic rings. The molecule has 3 aromatic heterocycles. The van der Waals surface area contributed by atoms with Crippen LogP contribution in [0.5, 0.6) is 0 Å². The first-order valence-corrected chi connectivity index (χ1v) is 13.9. The van der Waals surface area contributed by atoms with E-state index >= 15 is 0 Å². The number of pyridine rings is 2. The van der Waals surface area contributed by atoms with Crippen LogP contribution in [0.1, 0.15) is 67.1 Å². The molecule has 202 valence electrons. The summed E-state index contributed by atoms with van der Waals surface area (Å²) in [4.78, 5) is 43.6. The van der Waals surface area contributed by atoms with Gasteiger partial charge < -0.3 is 10.6 Å². The first-order valence-electron chi connectivity index (χ1n) is 13.9. The van der Waals surface area contributed by atoms with Crippen LogP contribution in [0.4, 0.5) is 11.5 Å². The van der Waals surface area contributed by atoms with Gasteiger partial charge in [-0.15, -0.1) is 0 Å². The first kappa shape index (κ1) is 25.8. The monoisotopic (exact) mass is 532 g/mol. The summed E-state index contributed by atoms with van der Waals surface area (Å²) in [5.74, 6) is 1.00. The standard InChI is InChI=1S/C32H32N6O2/c1-3-11-32(12-13-32)27-17-23(9-14-33-27)31(40)36-24-7-4-20(2)25(19-24)29-35-16-10-26(37-29)22-8-15-34-28(18-22)38-30(39)21-5-6-21/h4,7-10,14-19,21H,3,5-6,11-13H2,1-2H3,(H,36,40)(H,34,38,39). The van der Waals surface area contributed by atoms with E-state index in [1.165, 1.54) is 0 Å². The highest BCUT2D eigenvalue weighted by Crippen LogP contribution is 2.51. The first-order chi connectivity index (χ1) is 19.4. The summed E-state index contributed by atoms with van der Waals surface area (Å²) < 4.78 is 0. The summed E-state index contributed by atoms with van der Waals surface area (Å²) in [6.07, 6.45) is 11.5. The van der Waals surface area contributed by atoms with Gasteiger partial charge in [-0.3, -0.25) is 14.6 Å². The van der Waals surface area contributed by atoms with Gasteiger partial charge in [0.25, 0.3) is 5.91 Å². The molecular formula is C32H32N6O2. The maximum absolute atomic E-state index is 13.2. The number of nitrogens with one attached hydrogen (secondary N) is 2. The second-order valence-electron chi connectivity index (χ2n) is 10.9. The van der Waals surface area contributed by atoms with Crippen molar-refractivity contribution in [1.29, 1.82) is 0 Å². The minimum Gasteiger partial charge on any atom is -0.322 e. The summed E-state index contributed by atoms with van der Waals surface area (Å²) >= 11 is 0. The molecule has 2 fully saturated rings. The van der Waals surface area contributed by atoms with Crippen LogP contribution in [0.3, 0.4) is 0 Å². The van der Waals surface area contributed by atoms with Crippen molar-refractivity contribution in [1.82, 2.24) is 19.9 Å². The molecule has 40 heavy (non-hydrogen) atoms. The SMILES string of the molecule is CCCC1(c2cc(C(=O)Nc3ccc(C)c(-c4nccc(-c5ccnc(NC(=O)C6CC6)c5)n4)c3)ccn2)CC1. The van der Waals surface area contributed by atoms with Crippen molar-refractivity contribution in [3.63, 3.8) is 0 Å². The Bertz CT molecular complexity index is 1590. The van der Waals surface area contributed by atoms with E-state index in [2.05, 4.69) is 32.5 Å². The smallest absolute Gasteiger partial charge is 0.255 e. The Morgan fingerprint density at radius 2 is 1.73 bits per heavy atom. The fraction of sp³-hybridized carbons (Fsp3) is 0.312. The molecule has 0 aliphatic heterocycles. The molecule has 0 atom stereocenters. The Kier molecular flexibility index (Phi) is 6.84. The number of benzene rings is 1. The van der Waals surface area contributed by atoms with Gasteiger partial charge in [0.2, 0.25) is 5.91 Å². The average Bonchev–Trinajstić information content (AvgIpc) is 3.90. The summed E-state index contributed by atoms with van der Waals surface area (Å²) in [7, 11) is 0. The van der Waals surface area contributed by atoms with Crippen LogP contribution in [0.2, 0.25) is 0 Å². The lowest BCUT2D eigenvalue weighted by Gasteiger charge is -2.15. The van der Waals surface area contributed by atoms with Crippen molar-refractivity contribution in [2.45, 2.75) is 57.8 Å². The van der Waals surface area contributed by atoms with Gasteiger partial charge in [-0.2, -0.15) is 0 Å². The Hall–Kier alpha value is -4.46. The number of nitrogens with zero attached hydrogens (tertiary/aromatic N) is 4. The summed E-state index contributed by atoms with van der Waals surface area (Å²) in [5, 5.41) is 5.93. The topological polar surface area (TPSA) is 110 Å². The maximum atomic E-state index is 13.2. The lowest BCUT2D eigenvalue weighted by Crippen LogP contribution is -2.15. The second-order valence-corrected chi connectivity index (χ2v) is 10.9. The van der Waals surface area contributed by atoms with Crippen LogP contribution in [-0.2, 0) is 10.2 Å². The van der Waals surface area contributed by atoms with Crippen LogP contribution in [-0.4, -0.2) is 31.8 Å². The molecule has 0 saturated heterocycles. The van der Waals surface area contributed by atoms with Crippen molar-refractivity contribution in [2.24, 2.45) is 5.92 Å². The van der Waals surface area contributed by atoms with Gasteiger partial charge in [0.1, 0.15) is 5.82 Å². The highest BCUT2D eigenvalue weighted by atomic mass is 16.2. The minimum atomic E-state index is -0.169. The number of aryl methyl sites for hydroxylation is 1. The molecule has 2 saturated carbocycles. The number of rotatable bonds is 9. The van der Waals surface area contributed by atoms with Gasteiger partial charge in [-0.25, -0.2) is 15.0 Å². The molecule has 0 spiro atoms. The van der Waals surface area contributed by atoms with Gasteiger partial charge >= 0.3 is 0 Å². The Balaban J connectivity index is 1.22. The third kappa shape index (κ3) is 5.47. The second kappa shape index (κ2) is 10.6. The Morgan fingerprint density at radius 3 is 2.50 bits per heavy atom. The van der Waals surface area contributed by atoms with Crippen molar-refractivity contribution in [3.8, 4) is 22.6 Å². The molecule has 0 radical (unpaired) electrons. The minimum absolute atomic E-state index is 0.0125. The van der Waals surface area contributed by atoms with E-state index in [1.807, 2.05) is 49.4 Å². The van der Waals surface area contributed by atoms with Gasteiger partial charge in [0.05, 0.1) is 5.69 Å². The molecule has 2 aliphatic rings. The lowest BCUT2D eigenvalue weighted by molar-refractivity contribution is -0.117. The van der Waals surface area contributed by atoms with Crippen molar-refractivity contribution in [3.05, 3.63) is 83.9 Å². The van der Waals surface area contributed by atoms with Crippen LogP contribution in [0.25, 0.3) is 22.6 Å². The van der Waals surface area contributed by atoms with Crippen molar-refractivity contribution in [2.75, 3.05) is 10.6 Å². The molecule has 3 heterocycles. The zero-order valence-corrected chi connectivity index (χ0v) is 22.8.